The molecule has 1 N–H and O–H groups in total. The zero-order valence-corrected chi connectivity index (χ0v) is 10.5. The molecule has 1 fully saturated rings. The van der Waals surface area contributed by atoms with Crippen molar-refractivity contribution in [1.82, 2.24) is 4.90 Å². The lowest BCUT2D eigenvalue weighted by Gasteiger charge is -2.16. The Bertz CT molecular complexity index is 527. The van der Waals surface area contributed by atoms with E-state index in [4.69, 9.17) is 5.26 Å². The van der Waals surface area contributed by atoms with Gasteiger partial charge in [0.05, 0.1) is 24.4 Å². The van der Waals surface area contributed by atoms with Crippen molar-refractivity contribution in [3.05, 3.63) is 29.6 Å². The summed E-state index contributed by atoms with van der Waals surface area (Å²) in [6, 6.07) is 6.15. The van der Waals surface area contributed by atoms with E-state index in [0.717, 1.165) is 6.42 Å². The lowest BCUT2D eigenvalue weighted by atomic mass is 10.2. The molecule has 1 aromatic carbocycles. The molecule has 6 heteroatoms. The fourth-order valence-electron chi connectivity index (χ4n) is 2.09. The van der Waals surface area contributed by atoms with E-state index in [1.807, 2.05) is 6.07 Å². The normalized spacial score (nSPS) is 17.9. The van der Waals surface area contributed by atoms with Crippen LogP contribution in [0.25, 0.3) is 0 Å². The number of carbonyl (C=O) groups excluding carboxylic acids is 1. The Balaban J connectivity index is 2.00. The van der Waals surface area contributed by atoms with E-state index in [2.05, 4.69) is 10.1 Å². The second kappa shape index (κ2) is 5.57. The third kappa shape index (κ3) is 2.94. The van der Waals surface area contributed by atoms with Crippen LogP contribution in [0.1, 0.15) is 12.0 Å². The largest absolute Gasteiger partial charge is 0.453 e. The first-order valence-corrected chi connectivity index (χ1v) is 5.93. The maximum absolute atomic E-state index is 13.7. The minimum atomic E-state index is -0.462. The van der Waals surface area contributed by atoms with Gasteiger partial charge in [-0.3, -0.25) is 0 Å². The van der Waals surface area contributed by atoms with Crippen LogP contribution in [0.4, 0.5) is 14.9 Å². The van der Waals surface area contributed by atoms with Gasteiger partial charge in [0.1, 0.15) is 5.82 Å². The average molecular weight is 263 g/mol. The van der Waals surface area contributed by atoms with Crippen LogP contribution in [0.3, 0.4) is 0 Å². The smallest absolute Gasteiger partial charge is 0.409 e. The number of likely N-dealkylation sites (tertiary alicyclic amines) is 1. The second-order valence-electron chi connectivity index (χ2n) is 4.35. The minimum Gasteiger partial charge on any atom is -0.453 e. The number of nitriles is 1. The Morgan fingerprint density at radius 1 is 1.63 bits per heavy atom. The monoisotopic (exact) mass is 263 g/mol. The van der Waals surface area contributed by atoms with Gasteiger partial charge < -0.3 is 15.0 Å². The van der Waals surface area contributed by atoms with Crippen LogP contribution in [0.2, 0.25) is 0 Å². The Morgan fingerprint density at radius 2 is 2.42 bits per heavy atom. The zero-order chi connectivity index (χ0) is 13.8. The molecule has 100 valence electrons. The highest BCUT2D eigenvalue weighted by molar-refractivity contribution is 5.68. The molecular weight excluding hydrogens is 249 g/mol. The van der Waals surface area contributed by atoms with Crippen molar-refractivity contribution in [3.63, 3.8) is 0 Å². The molecule has 0 aliphatic carbocycles. The van der Waals surface area contributed by atoms with Crippen LogP contribution < -0.4 is 5.32 Å². The highest BCUT2D eigenvalue weighted by atomic mass is 19.1. The summed E-state index contributed by atoms with van der Waals surface area (Å²) in [5.41, 5.74) is 0.626. The van der Waals surface area contributed by atoms with Crippen molar-refractivity contribution in [2.75, 3.05) is 25.5 Å². The van der Waals surface area contributed by atoms with Crippen LogP contribution in [0.5, 0.6) is 0 Å². The van der Waals surface area contributed by atoms with E-state index in [1.54, 1.807) is 11.0 Å². The molecule has 0 saturated carbocycles. The molecule has 2 rings (SSSR count). The molecule has 1 saturated heterocycles. The van der Waals surface area contributed by atoms with Crippen molar-refractivity contribution in [2.45, 2.75) is 12.5 Å². The van der Waals surface area contributed by atoms with Gasteiger partial charge in [0.15, 0.2) is 0 Å². The van der Waals surface area contributed by atoms with Gasteiger partial charge in [0.2, 0.25) is 0 Å². The molecule has 0 spiro atoms. The molecule has 1 unspecified atom stereocenters. The molecule has 1 aliphatic rings. The molecule has 19 heavy (non-hydrogen) atoms. The van der Waals surface area contributed by atoms with Gasteiger partial charge in [-0.2, -0.15) is 5.26 Å². The molecule has 0 bridgehead atoms. The first-order chi connectivity index (χ1) is 9.13. The van der Waals surface area contributed by atoms with E-state index in [9.17, 15) is 9.18 Å². The van der Waals surface area contributed by atoms with Gasteiger partial charge in [-0.1, -0.05) is 0 Å². The fourth-order valence-corrected chi connectivity index (χ4v) is 2.09. The summed E-state index contributed by atoms with van der Waals surface area (Å²) in [6.45, 7) is 1.06. The number of amides is 1. The minimum absolute atomic E-state index is 0.0125. The van der Waals surface area contributed by atoms with Crippen LogP contribution in [0.15, 0.2) is 18.2 Å². The van der Waals surface area contributed by atoms with Gasteiger partial charge in [0, 0.05) is 19.1 Å². The van der Waals surface area contributed by atoms with Crippen molar-refractivity contribution in [2.24, 2.45) is 0 Å². The van der Waals surface area contributed by atoms with E-state index in [1.165, 1.54) is 19.2 Å². The molecule has 1 amide bonds. The maximum atomic E-state index is 13.7. The van der Waals surface area contributed by atoms with E-state index in [0.29, 0.717) is 18.8 Å². The number of halogens is 1. The molecule has 1 aromatic rings. The SMILES string of the molecule is COC(=O)N1CCC(Nc2ccc(C#N)cc2F)C1. The number of nitrogens with one attached hydrogen (secondary N) is 1. The molecule has 1 aliphatic heterocycles. The van der Waals surface area contributed by atoms with Crippen molar-refractivity contribution in [1.29, 1.82) is 5.26 Å². The number of methoxy groups -OCH3 is 1. The molecule has 0 radical (unpaired) electrons. The Morgan fingerprint density at radius 3 is 3.05 bits per heavy atom. The number of anilines is 1. The topological polar surface area (TPSA) is 65.4 Å². The first kappa shape index (κ1) is 13.1. The van der Waals surface area contributed by atoms with Gasteiger partial charge in [-0.25, -0.2) is 9.18 Å². The number of hydrogen-bond acceptors (Lipinski definition) is 4. The molecule has 5 nitrogen and oxygen atoms in total. The van der Waals surface area contributed by atoms with Crippen LogP contribution >= 0.6 is 0 Å². The number of carbonyl (C=O) groups is 1. The van der Waals surface area contributed by atoms with E-state index >= 15 is 0 Å². The summed E-state index contributed by atoms with van der Waals surface area (Å²) in [7, 11) is 1.34. The maximum Gasteiger partial charge on any atom is 0.409 e. The van der Waals surface area contributed by atoms with Gasteiger partial charge >= 0.3 is 6.09 Å². The summed E-state index contributed by atoms with van der Waals surface area (Å²) in [4.78, 5) is 12.9. The highest BCUT2D eigenvalue weighted by Crippen LogP contribution is 2.20. The summed E-state index contributed by atoms with van der Waals surface area (Å²) < 4.78 is 18.3. The summed E-state index contributed by atoms with van der Waals surface area (Å²) in [5, 5.41) is 11.7. The Labute approximate surface area is 110 Å². The predicted octanol–water partition coefficient (Wildman–Crippen LogP) is 1.95. The van der Waals surface area contributed by atoms with Crippen molar-refractivity contribution < 1.29 is 13.9 Å². The first-order valence-electron chi connectivity index (χ1n) is 5.93. The molecule has 1 atom stereocenters. The second-order valence-corrected chi connectivity index (χ2v) is 4.35. The van der Waals surface area contributed by atoms with Crippen LogP contribution in [0, 0.1) is 17.1 Å². The third-order valence-electron chi connectivity index (χ3n) is 3.08. The van der Waals surface area contributed by atoms with Crippen molar-refractivity contribution in [3.8, 4) is 6.07 Å². The summed E-state index contributed by atoms with van der Waals surface area (Å²) in [6.07, 6.45) is 0.360. The van der Waals surface area contributed by atoms with Gasteiger partial charge in [-0.05, 0) is 24.6 Å². The summed E-state index contributed by atoms with van der Waals surface area (Å²) in [5.74, 6) is -0.462. The lowest BCUT2D eigenvalue weighted by molar-refractivity contribution is 0.133. The Kier molecular flexibility index (Phi) is 3.85. The third-order valence-corrected chi connectivity index (χ3v) is 3.08. The molecule has 0 aromatic heterocycles. The predicted molar refractivity (Wildman–Crippen MR) is 67.1 cm³/mol. The van der Waals surface area contributed by atoms with Crippen LogP contribution in [-0.4, -0.2) is 37.2 Å². The average Bonchev–Trinajstić information content (AvgIpc) is 2.88. The highest BCUT2D eigenvalue weighted by Gasteiger charge is 2.27. The number of nitrogens with zero attached hydrogens (tertiary/aromatic N) is 2. The number of benzene rings is 1. The van der Waals surface area contributed by atoms with E-state index < -0.39 is 5.82 Å². The summed E-state index contributed by atoms with van der Waals surface area (Å²) >= 11 is 0. The number of hydrogen-bond donors (Lipinski definition) is 1. The standard InChI is InChI=1S/C13H14FN3O2/c1-19-13(18)17-5-4-10(8-17)16-12-3-2-9(7-15)6-11(12)14/h2-3,6,10,16H,4-5,8H2,1H3. The number of ether oxygens (including phenoxy) is 1. The Hall–Kier alpha value is -2.29. The van der Waals surface area contributed by atoms with E-state index in [-0.39, 0.29) is 17.7 Å². The fraction of sp³-hybridized carbons (Fsp3) is 0.385. The molecular formula is C13H14FN3O2. The lowest BCUT2D eigenvalue weighted by Crippen LogP contribution is -2.31. The quantitative estimate of drug-likeness (QED) is 0.885. The van der Waals surface area contributed by atoms with Gasteiger partial charge in [0.25, 0.3) is 0 Å². The number of rotatable bonds is 2. The zero-order valence-electron chi connectivity index (χ0n) is 10.5. The van der Waals surface area contributed by atoms with Crippen molar-refractivity contribution >= 4 is 11.8 Å². The van der Waals surface area contributed by atoms with Crippen LogP contribution in [-0.2, 0) is 4.74 Å². The van der Waals surface area contributed by atoms with Gasteiger partial charge in [-0.15, -0.1) is 0 Å². The molecule has 1 heterocycles.